The summed E-state index contributed by atoms with van der Waals surface area (Å²) in [7, 11) is 3.67. The van der Waals surface area contributed by atoms with E-state index in [9.17, 15) is 0 Å². The molecule has 1 heterocycles. The molecule has 1 unspecified atom stereocenters. The molecule has 102 valence electrons. The van der Waals surface area contributed by atoms with E-state index >= 15 is 0 Å². The van der Waals surface area contributed by atoms with Crippen LogP contribution in [0.3, 0.4) is 0 Å². The van der Waals surface area contributed by atoms with Crippen molar-refractivity contribution in [2.75, 3.05) is 14.2 Å². The summed E-state index contributed by atoms with van der Waals surface area (Å²) in [4.78, 5) is 4.18. The molecule has 0 saturated heterocycles. The lowest BCUT2D eigenvalue weighted by Crippen LogP contribution is -2.12. The Labute approximate surface area is 121 Å². The second kappa shape index (κ2) is 6.88. The van der Waals surface area contributed by atoms with Crippen LogP contribution in [0, 0.1) is 0 Å². The first-order valence-electron chi connectivity index (χ1n) is 5.98. The van der Waals surface area contributed by atoms with Crippen molar-refractivity contribution in [1.29, 1.82) is 0 Å². The van der Waals surface area contributed by atoms with E-state index in [0.717, 1.165) is 15.8 Å². The summed E-state index contributed by atoms with van der Waals surface area (Å²) in [6.07, 6.45) is 1.59. The minimum atomic E-state index is 0.330. The average molecular weight is 295 g/mol. The normalized spacial score (nSPS) is 12.4. The molecule has 0 bridgehead atoms. The van der Waals surface area contributed by atoms with Crippen molar-refractivity contribution in [3.8, 4) is 5.75 Å². The zero-order chi connectivity index (χ0) is 13.7. The SMILES string of the molecule is CNC(C)c1ccc(OC)c(CSc2ncns2)c1. The molecule has 1 atom stereocenters. The van der Waals surface area contributed by atoms with E-state index in [2.05, 4.69) is 33.7 Å². The van der Waals surface area contributed by atoms with Gasteiger partial charge in [-0.25, -0.2) is 4.98 Å². The van der Waals surface area contributed by atoms with Gasteiger partial charge in [-0.05, 0) is 43.2 Å². The van der Waals surface area contributed by atoms with Gasteiger partial charge < -0.3 is 10.1 Å². The predicted molar refractivity (Wildman–Crippen MR) is 79.9 cm³/mol. The van der Waals surface area contributed by atoms with Gasteiger partial charge in [-0.1, -0.05) is 17.8 Å². The molecule has 0 fully saturated rings. The van der Waals surface area contributed by atoms with Gasteiger partial charge in [0.05, 0.1) is 7.11 Å². The van der Waals surface area contributed by atoms with E-state index in [1.54, 1.807) is 25.2 Å². The number of aromatic nitrogens is 2. The highest BCUT2D eigenvalue weighted by Crippen LogP contribution is 2.30. The molecule has 0 aliphatic rings. The lowest BCUT2D eigenvalue weighted by atomic mass is 10.1. The van der Waals surface area contributed by atoms with E-state index in [4.69, 9.17) is 4.74 Å². The van der Waals surface area contributed by atoms with Gasteiger partial charge >= 0.3 is 0 Å². The van der Waals surface area contributed by atoms with Crippen LogP contribution in [-0.4, -0.2) is 23.5 Å². The largest absolute Gasteiger partial charge is 0.496 e. The minimum Gasteiger partial charge on any atom is -0.496 e. The minimum absolute atomic E-state index is 0.330. The van der Waals surface area contributed by atoms with Gasteiger partial charge in [0, 0.05) is 17.4 Å². The van der Waals surface area contributed by atoms with Crippen LogP contribution in [0.1, 0.15) is 24.1 Å². The van der Waals surface area contributed by atoms with Crippen molar-refractivity contribution in [3.05, 3.63) is 35.7 Å². The standard InChI is InChI=1S/C13H17N3OS2/c1-9(14-2)10-4-5-12(17-3)11(6-10)7-18-13-15-8-16-19-13/h4-6,8-9,14H,7H2,1-3H3. The summed E-state index contributed by atoms with van der Waals surface area (Å²) < 4.78 is 10.4. The molecule has 1 N–H and O–H groups in total. The Morgan fingerprint density at radius 3 is 2.95 bits per heavy atom. The number of thioether (sulfide) groups is 1. The van der Waals surface area contributed by atoms with E-state index in [0.29, 0.717) is 6.04 Å². The molecule has 0 saturated carbocycles. The maximum atomic E-state index is 5.42. The number of methoxy groups -OCH3 is 1. The Morgan fingerprint density at radius 1 is 1.47 bits per heavy atom. The number of nitrogens with one attached hydrogen (secondary N) is 1. The second-order valence-electron chi connectivity index (χ2n) is 4.08. The fourth-order valence-corrected chi connectivity index (χ4v) is 3.14. The number of rotatable bonds is 6. The molecular formula is C13H17N3OS2. The van der Waals surface area contributed by atoms with Crippen LogP contribution in [0.4, 0.5) is 0 Å². The first-order chi connectivity index (χ1) is 9.24. The highest BCUT2D eigenvalue weighted by Gasteiger charge is 2.09. The van der Waals surface area contributed by atoms with Crippen LogP contribution in [0.2, 0.25) is 0 Å². The summed E-state index contributed by atoms with van der Waals surface area (Å²) in [6.45, 7) is 2.14. The summed E-state index contributed by atoms with van der Waals surface area (Å²) in [5.74, 6) is 1.76. The van der Waals surface area contributed by atoms with Crippen molar-refractivity contribution in [2.24, 2.45) is 0 Å². The maximum Gasteiger partial charge on any atom is 0.170 e. The van der Waals surface area contributed by atoms with Crippen molar-refractivity contribution in [3.63, 3.8) is 0 Å². The van der Waals surface area contributed by atoms with Crippen molar-refractivity contribution in [1.82, 2.24) is 14.7 Å². The summed E-state index contributed by atoms with van der Waals surface area (Å²) in [6, 6.07) is 6.64. The number of benzene rings is 1. The van der Waals surface area contributed by atoms with Gasteiger partial charge in [-0.15, -0.1) is 0 Å². The molecule has 0 aliphatic carbocycles. The lowest BCUT2D eigenvalue weighted by molar-refractivity contribution is 0.411. The first kappa shape index (κ1) is 14.3. The third-order valence-electron chi connectivity index (χ3n) is 2.93. The summed E-state index contributed by atoms with van der Waals surface area (Å²) in [5.41, 5.74) is 2.44. The Hall–Kier alpha value is -1.11. The van der Waals surface area contributed by atoms with Crippen molar-refractivity contribution in [2.45, 2.75) is 23.1 Å². The predicted octanol–water partition coefficient (Wildman–Crippen LogP) is 3.12. The average Bonchev–Trinajstić information content (AvgIpc) is 2.97. The third-order valence-corrected chi connectivity index (χ3v) is 4.78. The maximum absolute atomic E-state index is 5.42. The topological polar surface area (TPSA) is 47.0 Å². The Kier molecular flexibility index (Phi) is 5.18. The molecule has 6 heteroatoms. The van der Waals surface area contributed by atoms with E-state index in [1.807, 2.05) is 13.1 Å². The van der Waals surface area contributed by atoms with Gasteiger partial charge in [-0.2, -0.15) is 4.37 Å². The highest BCUT2D eigenvalue weighted by atomic mass is 32.2. The van der Waals surface area contributed by atoms with Gasteiger partial charge in [-0.3, -0.25) is 0 Å². The Bertz CT molecular complexity index is 517. The highest BCUT2D eigenvalue weighted by molar-refractivity contribution is 8.00. The molecule has 1 aromatic carbocycles. The second-order valence-corrected chi connectivity index (χ2v) is 6.08. The van der Waals surface area contributed by atoms with Gasteiger partial charge in [0.1, 0.15) is 12.1 Å². The van der Waals surface area contributed by atoms with Crippen LogP contribution in [-0.2, 0) is 5.75 Å². The molecule has 2 aromatic rings. The van der Waals surface area contributed by atoms with Crippen molar-refractivity contribution < 1.29 is 4.74 Å². The lowest BCUT2D eigenvalue weighted by Gasteiger charge is -2.14. The van der Waals surface area contributed by atoms with E-state index < -0.39 is 0 Å². The Balaban J connectivity index is 2.16. The molecule has 2 rings (SSSR count). The van der Waals surface area contributed by atoms with Gasteiger partial charge in [0.2, 0.25) is 0 Å². The van der Waals surface area contributed by atoms with Gasteiger partial charge in [0.25, 0.3) is 0 Å². The smallest absolute Gasteiger partial charge is 0.170 e. The molecule has 4 nitrogen and oxygen atoms in total. The quantitative estimate of drug-likeness (QED) is 0.830. The zero-order valence-electron chi connectivity index (χ0n) is 11.2. The number of hydrogen-bond donors (Lipinski definition) is 1. The van der Waals surface area contributed by atoms with Crippen LogP contribution >= 0.6 is 23.3 Å². The molecule has 19 heavy (non-hydrogen) atoms. The van der Waals surface area contributed by atoms with Crippen molar-refractivity contribution >= 4 is 23.3 Å². The number of ether oxygens (including phenoxy) is 1. The van der Waals surface area contributed by atoms with Gasteiger partial charge in [0.15, 0.2) is 4.34 Å². The fourth-order valence-electron chi connectivity index (χ4n) is 1.71. The zero-order valence-corrected chi connectivity index (χ0v) is 12.8. The molecule has 0 spiro atoms. The summed E-state index contributed by atoms with van der Waals surface area (Å²) >= 11 is 3.10. The van der Waals surface area contributed by atoms with Crippen LogP contribution in [0.15, 0.2) is 28.9 Å². The number of nitrogens with zero attached hydrogens (tertiary/aromatic N) is 2. The fraction of sp³-hybridized carbons (Fsp3) is 0.385. The molecule has 0 radical (unpaired) electrons. The van der Waals surface area contributed by atoms with Crippen LogP contribution in [0.25, 0.3) is 0 Å². The molecule has 0 aliphatic heterocycles. The van der Waals surface area contributed by atoms with E-state index in [-0.39, 0.29) is 0 Å². The number of hydrogen-bond acceptors (Lipinski definition) is 6. The molecule has 1 aromatic heterocycles. The third kappa shape index (κ3) is 3.68. The van der Waals surface area contributed by atoms with Crippen LogP contribution < -0.4 is 10.1 Å². The first-order valence-corrected chi connectivity index (χ1v) is 7.74. The monoisotopic (exact) mass is 295 g/mol. The Morgan fingerprint density at radius 2 is 2.32 bits per heavy atom. The van der Waals surface area contributed by atoms with Crippen LogP contribution in [0.5, 0.6) is 5.75 Å². The summed E-state index contributed by atoms with van der Waals surface area (Å²) in [5, 5.41) is 3.25. The molecule has 0 amide bonds. The molecular weight excluding hydrogens is 278 g/mol. The van der Waals surface area contributed by atoms with E-state index in [1.165, 1.54) is 22.7 Å².